The Morgan fingerprint density at radius 1 is 1.27 bits per heavy atom. The van der Waals surface area contributed by atoms with Crippen molar-refractivity contribution < 1.29 is 4.74 Å². The van der Waals surface area contributed by atoms with Crippen molar-refractivity contribution in [3.63, 3.8) is 0 Å². The van der Waals surface area contributed by atoms with Crippen LogP contribution in [-0.2, 0) is 4.74 Å². The first-order valence-corrected chi connectivity index (χ1v) is 6.30. The second kappa shape index (κ2) is 3.46. The van der Waals surface area contributed by atoms with E-state index in [-0.39, 0.29) is 11.2 Å². The maximum absolute atomic E-state index is 6.08. The van der Waals surface area contributed by atoms with Crippen LogP contribution in [0.3, 0.4) is 0 Å². The van der Waals surface area contributed by atoms with Crippen molar-refractivity contribution in [1.29, 1.82) is 0 Å². The van der Waals surface area contributed by atoms with Crippen molar-refractivity contribution in [1.82, 2.24) is 5.32 Å². The molecule has 0 amide bonds. The zero-order valence-electron chi connectivity index (χ0n) is 10.8. The highest BCUT2D eigenvalue weighted by molar-refractivity contribution is 5.03. The molecule has 0 radical (unpaired) electrons. The lowest BCUT2D eigenvalue weighted by atomic mass is 9.94. The predicted octanol–water partition coefficient (Wildman–Crippen LogP) is 2.72. The Morgan fingerprint density at radius 3 is 2.33 bits per heavy atom. The van der Waals surface area contributed by atoms with Gasteiger partial charge in [0.2, 0.25) is 0 Å². The van der Waals surface area contributed by atoms with Crippen LogP contribution >= 0.6 is 0 Å². The van der Waals surface area contributed by atoms with Gasteiger partial charge in [0.25, 0.3) is 0 Å². The van der Waals surface area contributed by atoms with Gasteiger partial charge < -0.3 is 10.1 Å². The van der Waals surface area contributed by atoms with Crippen molar-refractivity contribution in [2.75, 3.05) is 0 Å². The monoisotopic (exact) mass is 211 g/mol. The van der Waals surface area contributed by atoms with Gasteiger partial charge >= 0.3 is 0 Å². The van der Waals surface area contributed by atoms with E-state index < -0.39 is 0 Å². The summed E-state index contributed by atoms with van der Waals surface area (Å²) in [6.07, 6.45) is 3.81. The lowest BCUT2D eigenvalue weighted by Gasteiger charge is -2.28. The van der Waals surface area contributed by atoms with Crippen LogP contribution in [0.1, 0.15) is 53.9 Å². The van der Waals surface area contributed by atoms with Gasteiger partial charge in [0.1, 0.15) is 0 Å². The molecule has 1 aliphatic carbocycles. The number of hydrogen-bond acceptors (Lipinski definition) is 2. The van der Waals surface area contributed by atoms with Gasteiger partial charge in [0, 0.05) is 12.1 Å². The second-order valence-electron chi connectivity index (χ2n) is 6.40. The largest absolute Gasteiger partial charge is 0.368 e. The van der Waals surface area contributed by atoms with Gasteiger partial charge in [0.15, 0.2) is 0 Å². The van der Waals surface area contributed by atoms with Gasteiger partial charge in [-0.05, 0) is 46.5 Å². The molecule has 1 aliphatic heterocycles. The molecule has 2 aliphatic rings. The summed E-state index contributed by atoms with van der Waals surface area (Å²) in [5.74, 6) is 0.921. The third kappa shape index (κ3) is 2.36. The number of hydrogen-bond donors (Lipinski definition) is 1. The minimum atomic E-state index is -0.00954. The Morgan fingerprint density at radius 2 is 1.93 bits per heavy atom. The zero-order chi connectivity index (χ0) is 11.3. The Bertz CT molecular complexity index is 247. The molecule has 1 saturated heterocycles. The van der Waals surface area contributed by atoms with Crippen molar-refractivity contribution in [3.8, 4) is 0 Å². The van der Waals surface area contributed by atoms with Crippen molar-refractivity contribution in [2.45, 2.75) is 77.2 Å². The van der Waals surface area contributed by atoms with E-state index in [0.717, 1.165) is 18.4 Å². The summed E-state index contributed by atoms with van der Waals surface area (Å²) in [7, 11) is 0. The lowest BCUT2D eigenvalue weighted by molar-refractivity contribution is -0.0700. The summed E-state index contributed by atoms with van der Waals surface area (Å²) in [6.45, 7) is 11.1. The predicted molar refractivity (Wildman–Crippen MR) is 63.0 cm³/mol. The fourth-order valence-electron chi connectivity index (χ4n) is 2.98. The van der Waals surface area contributed by atoms with Crippen molar-refractivity contribution in [3.05, 3.63) is 0 Å². The highest BCUT2D eigenvalue weighted by atomic mass is 16.5. The Balaban J connectivity index is 1.92. The Kier molecular flexibility index (Phi) is 2.63. The summed E-state index contributed by atoms with van der Waals surface area (Å²) >= 11 is 0. The van der Waals surface area contributed by atoms with E-state index in [1.54, 1.807) is 0 Å². The molecule has 1 heterocycles. The van der Waals surface area contributed by atoms with Crippen LogP contribution in [0.25, 0.3) is 0 Å². The first-order valence-electron chi connectivity index (χ1n) is 6.30. The molecular formula is C13H25NO. The molecule has 2 rings (SSSR count). The quantitative estimate of drug-likeness (QED) is 0.775. The van der Waals surface area contributed by atoms with E-state index in [1.165, 1.54) is 12.8 Å². The normalized spacial score (nSPS) is 41.8. The van der Waals surface area contributed by atoms with E-state index in [0.29, 0.717) is 6.04 Å². The van der Waals surface area contributed by atoms with Crippen LogP contribution in [-0.4, -0.2) is 23.3 Å². The molecule has 0 aromatic heterocycles. The Hall–Kier alpha value is -0.0800. The topological polar surface area (TPSA) is 21.3 Å². The lowest BCUT2D eigenvalue weighted by Crippen LogP contribution is -2.44. The zero-order valence-corrected chi connectivity index (χ0v) is 10.8. The molecule has 1 saturated carbocycles. The molecule has 3 unspecified atom stereocenters. The van der Waals surface area contributed by atoms with Gasteiger partial charge in [-0.3, -0.25) is 0 Å². The third-order valence-corrected chi connectivity index (χ3v) is 3.94. The number of rotatable bonds is 3. The van der Waals surface area contributed by atoms with Gasteiger partial charge in [0.05, 0.1) is 11.2 Å². The summed E-state index contributed by atoms with van der Waals surface area (Å²) in [5, 5.41) is 3.77. The average Bonchev–Trinajstić information content (AvgIpc) is 2.74. The highest BCUT2D eigenvalue weighted by Crippen LogP contribution is 2.41. The summed E-state index contributed by atoms with van der Waals surface area (Å²) in [4.78, 5) is 0. The summed E-state index contributed by atoms with van der Waals surface area (Å²) in [6, 6.07) is 1.28. The molecular weight excluding hydrogens is 186 g/mol. The van der Waals surface area contributed by atoms with Crippen LogP contribution < -0.4 is 5.32 Å². The molecule has 15 heavy (non-hydrogen) atoms. The maximum Gasteiger partial charge on any atom is 0.0787 e. The van der Waals surface area contributed by atoms with Crippen LogP contribution in [0.4, 0.5) is 0 Å². The summed E-state index contributed by atoms with van der Waals surface area (Å²) < 4.78 is 6.08. The molecule has 3 atom stereocenters. The van der Waals surface area contributed by atoms with Gasteiger partial charge in [-0.2, -0.15) is 0 Å². The summed E-state index contributed by atoms with van der Waals surface area (Å²) in [5.41, 5.74) is 0.0299. The fourth-order valence-corrected chi connectivity index (χ4v) is 2.98. The first-order chi connectivity index (χ1) is 6.84. The van der Waals surface area contributed by atoms with Crippen LogP contribution in [0.15, 0.2) is 0 Å². The van der Waals surface area contributed by atoms with E-state index in [1.807, 2.05) is 0 Å². The molecule has 2 heteroatoms. The first kappa shape index (κ1) is 11.4. The molecule has 2 fully saturated rings. The average molecular weight is 211 g/mol. The van der Waals surface area contributed by atoms with E-state index in [9.17, 15) is 0 Å². The minimum Gasteiger partial charge on any atom is -0.368 e. The molecule has 88 valence electrons. The second-order valence-corrected chi connectivity index (χ2v) is 6.40. The molecule has 0 aromatic carbocycles. The van der Waals surface area contributed by atoms with Crippen molar-refractivity contribution in [2.24, 2.45) is 5.92 Å². The van der Waals surface area contributed by atoms with Crippen LogP contribution in [0, 0.1) is 5.92 Å². The van der Waals surface area contributed by atoms with Crippen LogP contribution in [0.2, 0.25) is 0 Å². The van der Waals surface area contributed by atoms with E-state index >= 15 is 0 Å². The van der Waals surface area contributed by atoms with E-state index in [2.05, 4.69) is 39.9 Å². The van der Waals surface area contributed by atoms with Gasteiger partial charge in [-0.1, -0.05) is 13.3 Å². The molecule has 0 spiro atoms. The van der Waals surface area contributed by atoms with Crippen LogP contribution in [0.5, 0.6) is 0 Å². The smallest absolute Gasteiger partial charge is 0.0787 e. The van der Waals surface area contributed by atoms with E-state index in [4.69, 9.17) is 4.74 Å². The third-order valence-electron chi connectivity index (χ3n) is 3.94. The number of nitrogens with one attached hydrogen (secondary N) is 1. The van der Waals surface area contributed by atoms with Gasteiger partial charge in [-0.15, -0.1) is 0 Å². The highest BCUT2D eigenvalue weighted by Gasteiger charge is 2.48. The molecule has 0 bridgehead atoms. The fraction of sp³-hybridized carbons (Fsp3) is 1.00. The number of ether oxygens (including phenoxy) is 1. The SMILES string of the molecule is CCC1CC1NC1CC(C)(C)OC1(C)C. The maximum atomic E-state index is 6.08. The molecule has 0 aromatic rings. The molecule has 1 N–H and O–H groups in total. The minimum absolute atomic E-state index is 0.00954. The van der Waals surface area contributed by atoms with Crippen molar-refractivity contribution >= 4 is 0 Å². The molecule has 2 nitrogen and oxygen atoms in total. The van der Waals surface area contributed by atoms with Gasteiger partial charge in [-0.25, -0.2) is 0 Å². The Labute approximate surface area is 93.8 Å². The standard InChI is InChI=1S/C13H25NO/c1-6-9-7-10(9)14-11-8-12(2,3)15-13(11,4)5/h9-11,14H,6-8H2,1-5H3.